The summed E-state index contributed by atoms with van der Waals surface area (Å²) in [4.78, 5) is 13.5. The van der Waals surface area contributed by atoms with Gasteiger partial charge >= 0.3 is 0 Å². The maximum absolute atomic E-state index is 13.5. The van der Waals surface area contributed by atoms with Gasteiger partial charge in [-0.2, -0.15) is 0 Å². The number of amides is 1. The minimum atomic E-state index is -1.99. The van der Waals surface area contributed by atoms with Crippen molar-refractivity contribution in [2.24, 2.45) is 0 Å². The minimum Gasteiger partial charge on any atom is -0.394 e. The van der Waals surface area contributed by atoms with E-state index in [-0.39, 0.29) is 18.9 Å². The molecule has 19 nitrogen and oxygen atoms in total. The van der Waals surface area contributed by atoms with E-state index >= 15 is 0 Å². The van der Waals surface area contributed by atoms with E-state index in [9.17, 15) is 61.0 Å². The third-order valence-electron chi connectivity index (χ3n) is 20.3. The first-order valence-electron chi connectivity index (χ1n) is 41.0. The number of aliphatic hydroxyl groups excluding tert-OH is 11. The van der Waals surface area contributed by atoms with Gasteiger partial charge < -0.3 is 89.9 Å². The van der Waals surface area contributed by atoms with E-state index in [4.69, 9.17) is 28.4 Å². The number of ether oxygens (including phenoxy) is 6. The van der Waals surface area contributed by atoms with E-state index < -0.39 is 124 Å². The Hall–Kier alpha value is -2.51. The second-order valence-electron chi connectivity index (χ2n) is 29.2. The van der Waals surface area contributed by atoms with Crippen molar-refractivity contribution in [3.05, 3.63) is 60.8 Å². The fourth-order valence-corrected chi connectivity index (χ4v) is 13.7. The Morgan fingerprint density at radius 3 is 1.05 bits per heavy atom. The third-order valence-corrected chi connectivity index (χ3v) is 20.3. The molecule has 0 saturated carbocycles. The highest BCUT2D eigenvalue weighted by Crippen LogP contribution is 2.33. The number of hydrogen-bond acceptors (Lipinski definition) is 18. The molecule has 17 unspecified atom stereocenters. The van der Waals surface area contributed by atoms with Gasteiger partial charge in [-0.05, 0) is 77.0 Å². The summed E-state index contributed by atoms with van der Waals surface area (Å²) < 4.78 is 34.4. The molecular weight excluding hydrogens is 1290 g/mol. The molecule has 12 N–H and O–H groups in total. The maximum Gasteiger partial charge on any atom is 0.220 e. The van der Waals surface area contributed by atoms with Crippen molar-refractivity contribution in [1.29, 1.82) is 0 Å². The van der Waals surface area contributed by atoms with Crippen molar-refractivity contribution in [2.75, 3.05) is 26.4 Å². The summed E-state index contributed by atoms with van der Waals surface area (Å²) in [6.07, 6.45) is 53.6. The number of allylic oxidation sites excluding steroid dienone is 9. The number of carbonyl (C=O) groups is 1. The third kappa shape index (κ3) is 42.6. The van der Waals surface area contributed by atoms with Crippen LogP contribution in [0.25, 0.3) is 0 Å². The van der Waals surface area contributed by atoms with Crippen molar-refractivity contribution < 1.29 is 89.4 Å². The molecule has 3 aliphatic heterocycles. The van der Waals surface area contributed by atoms with E-state index in [0.717, 1.165) is 51.4 Å². The summed E-state index contributed by atoms with van der Waals surface area (Å²) in [6.45, 7) is 1.74. The minimum absolute atomic E-state index is 0.230. The van der Waals surface area contributed by atoms with Crippen LogP contribution in [-0.4, -0.2) is 193 Å². The topological polar surface area (TPSA) is 307 Å². The second-order valence-corrected chi connectivity index (χ2v) is 29.2. The first kappa shape index (κ1) is 92.7. The summed E-state index contributed by atoms with van der Waals surface area (Å²) in [5, 5.41) is 121. The smallest absolute Gasteiger partial charge is 0.220 e. The lowest BCUT2D eigenvalue weighted by molar-refractivity contribution is -0.379. The molecule has 3 saturated heterocycles. The predicted molar refractivity (Wildman–Crippen MR) is 402 cm³/mol. The molecule has 3 fully saturated rings. The first-order chi connectivity index (χ1) is 49.3. The molecule has 3 aliphatic rings. The summed E-state index contributed by atoms with van der Waals surface area (Å²) in [5.74, 6) is -0.288. The van der Waals surface area contributed by atoms with Crippen LogP contribution in [0.2, 0.25) is 0 Å². The molecule has 590 valence electrons. The normalized spacial score (nSPS) is 26.6. The number of unbranched alkanes of at least 4 members (excludes halogenated alkanes) is 41. The number of nitrogens with one attached hydrogen (secondary N) is 1. The Balaban J connectivity index is 1.39. The molecule has 101 heavy (non-hydrogen) atoms. The van der Waals surface area contributed by atoms with Crippen molar-refractivity contribution in [1.82, 2.24) is 5.32 Å². The van der Waals surface area contributed by atoms with Gasteiger partial charge in [0.1, 0.15) is 73.2 Å². The molecule has 0 bridgehead atoms. The van der Waals surface area contributed by atoms with Gasteiger partial charge in [-0.25, -0.2) is 0 Å². The standard InChI is InChI=1S/C82H149NO18/c1-3-5-7-9-11-13-15-17-19-21-23-25-27-29-30-31-32-33-34-36-37-39-41-43-45-47-49-51-53-55-57-59-66(87)65(83-70(88)60-58-56-54-52-50-48-46-44-42-40-38-35-28-26-24-22-20-18-16-14-12-10-8-6-4-2)64-96-80-76(94)73(91)78(68(62-85)98-80)101-82-77(95)74(92)79(69(63-86)99-82)100-81-75(93)72(90)71(89)67(61-84)97-81/h16,18,22,24,41,43,49,51,57,59,65-69,71-82,84-87,89-95H,3-15,17,19-21,23,25-40,42,44-48,50,52-56,58,60-64H2,1-2H3,(H,83,88)/b18-16-,24-22-,43-41+,51-49+,59-57+. The Kier molecular flexibility index (Phi) is 57.4. The second kappa shape index (κ2) is 62.5. The van der Waals surface area contributed by atoms with Crippen molar-refractivity contribution in [3.63, 3.8) is 0 Å². The lowest BCUT2D eigenvalue weighted by atomic mass is 9.96. The average molecular weight is 1440 g/mol. The monoisotopic (exact) mass is 1440 g/mol. The van der Waals surface area contributed by atoms with Crippen LogP contribution in [0.3, 0.4) is 0 Å². The zero-order chi connectivity index (χ0) is 73.2. The lowest BCUT2D eigenvalue weighted by Crippen LogP contribution is -2.66. The average Bonchev–Trinajstić information content (AvgIpc) is 0.782. The van der Waals surface area contributed by atoms with Gasteiger partial charge in [0.2, 0.25) is 5.91 Å². The summed E-state index contributed by atoms with van der Waals surface area (Å²) in [6, 6.07) is -1.00. The molecule has 3 heterocycles. The van der Waals surface area contributed by atoms with Crippen molar-refractivity contribution in [3.8, 4) is 0 Å². The fourth-order valence-electron chi connectivity index (χ4n) is 13.7. The van der Waals surface area contributed by atoms with Crippen LogP contribution in [-0.2, 0) is 33.2 Å². The van der Waals surface area contributed by atoms with Crippen LogP contribution >= 0.6 is 0 Å². The molecule has 0 spiro atoms. The van der Waals surface area contributed by atoms with Gasteiger partial charge in [0.15, 0.2) is 18.9 Å². The van der Waals surface area contributed by atoms with E-state index in [1.165, 1.54) is 238 Å². The van der Waals surface area contributed by atoms with E-state index in [1.54, 1.807) is 6.08 Å². The molecular formula is C82H149NO18. The van der Waals surface area contributed by atoms with Gasteiger partial charge in [0.25, 0.3) is 0 Å². The molecule has 0 aromatic carbocycles. The quantitative estimate of drug-likeness (QED) is 0.0199. The zero-order valence-corrected chi connectivity index (χ0v) is 63.1. The largest absolute Gasteiger partial charge is 0.394 e. The van der Waals surface area contributed by atoms with Crippen LogP contribution in [0.5, 0.6) is 0 Å². The predicted octanol–water partition coefficient (Wildman–Crippen LogP) is 13.8. The lowest BCUT2D eigenvalue weighted by Gasteiger charge is -2.48. The van der Waals surface area contributed by atoms with Gasteiger partial charge in [0, 0.05) is 6.42 Å². The van der Waals surface area contributed by atoms with Crippen LogP contribution < -0.4 is 5.32 Å². The number of carbonyl (C=O) groups excluding carboxylic acids is 1. The van der Waals surface area contributed by atoms with E-state index in [2.05, 4.69) is 67.8 Å². The molecule has 0 aromatic rings. The molecule has 3 rings (SSSR count). The number of aliphatic hydroxyl groups is 11. The van der Waals surface area contributed by atoms with E-state index in [1.807, 2.05) is 6.08 Å². The van der Waals surface area contributed by atoms with Crippen LogP contribution in [0.4, 0.5) is 0 Å². The highest BCUT2D eigenvalue weighted by Gasteiger charge is 2.54. The first-order valence-corrected chi connectivity index (χ1v) is 41.0. The molecule has 19 heteroatoms. The van der Waals surface area contributed by atoms with Crippen LogP contribution in [0.15, 0.2) is 60.8 Å². The number of rotatable bonds is 65. The molecule has 1 amide bonds. The van der Waals surface area contributed by atoms with Crippen molar-refractivity contribution >= 4 is 5.91 Å². The highest BCUT2D eigenvalue weighted by atomic mass is 16.8. The van der Waals surface area contributed by atoms with Crippen molar-refractivity contribution in [2.45, 2.75) is 426 Å². The SMILES string of the molecule is CCCCCCC/C=C\C/C=C\CCCCCCCCCCCCCCCC(=O)NC(COC1OC(CO)C(OC2OC(CO)C(OC3OC(CO)C(O)C(O)C3O)C(O)C2O)C(O)C1O)C(O)/C=C/CC/C=C/CC/C=C/CCCCCCCCCCCCCCCCCCCCCCC. The molecule has 17 atom stereocenters. The Labute approximate surface area is 611 Å². The van der Waals surface area contributed by atoms with Crippen LogP contribution in [0, 0.1) is 0 Å². The van der Waals surface area contributed by atoms with Gasteiger partial charge in [0.05, 0.1) is 38.6 Å². The Morgan fingerprint density at radius 1 is 0.356 bits per heavy atom. The van der Waals surface area contributed by atoms with E-state index in [0.29, 0.717) is 12.8 Å². The van der Waals surface area contributed by atoms with Gasteiger partial charge in [-0.3, -0.25) is 4.79 Å². The molecule has 0 aliphatic carbocycles. The van der Waals surface area contributed by atoms with Crippen LogP contribution in [0.1, 0.15) is 322 Å². The highest BCUT2D eigenvalue weighted by molar-refractivity contribution is 5.76. The summed E-state index contributed by atoms with van der Waals surface area (Å²) in [7, 11) is 0. The number of hydrogen-bond donors (Lipinski definition) is 12. The summed E-state index contributed by atoms with van der Waals surface area (Å²) >= 11 is 0. The Bertz CT molecular complexity index is 2060. The van der Waals surface area contributed by atoms with Gasteiger partial charge in [-0.1, -0.05) is 299 Å². The molecule has 0 aromatic heterocycles. The van der Waals surface area contributed by atoms with Gasteiger partial charge in [-0.15, -0.1) is 0 Å². The maximum atomic E-state index is 13.5. The molecule has 0 radical (unpaired) electrons. The fraction of sp³-hybridized carbons (Fsp3) is 0.866. The zero-order valence-electron chi connectivity index (χ0n) is 63.1. The summed E-state index contributed by atoms with van der Waals surface area (Å²) in [5.41, 5.74) is 0. The Morgan fingerprint density at radius 2 is 0.663 bits per heavy atom.